The van der Waals surface area contributed by atoms with Gasteiger partial charge in [0.05, 0.1) is 10.3 Å². The number of nitrogens with zero attached hydrogens (tertiary/aromatic N) is 4. The summed E-state index contributed by atoms with van der Waals surface area (Å²) in [6.45, 7) is 1.79. The predicted octanol–water partition coefficient (Wildman–Crippen LogP) is 2.30. The molecule has 8 heteroatoms. The summed E-state index contributed by atoms with van der Waals surface area (Å²) < 4.78 is 0. The van der Waals surface area contributed by atoms with E-state index in [0.717, 1.165) is 0 Å². The zero-order valence-electron chi connectivity index (χ0n) is 11.5. The summed E-state index contributed by atoms with van der Waals surface area (Å²) >= 11 is 0. The Morgan fingerprint density at radius 1 is 1.45 bits per heavy atom. The Morgan fingerprint density at radius 2 is 2.23 bits per heavy atom. The molecular weight excluding hydrogens is 284 g/mol. The van der Waals surface area contributed by atoms with Crippen LogP contribution in [0.25, 0.3) is 22.2 Å². The first-order valence-corrected chi connectivity index (χ1v) is 6.32. The molecule has 0 radical (unpaired) electrons. The molecule has 0 aliphatic rings. The van der Waals surface area contributed by atoms with Crippen molar-refractivity contribution in [3.05, 3.63) is 45.6 Å². The van der Waals surface area contributed by atoms with E-state index in [9.17, 15) is 15.4 Å². The van der Waals surface area contributed by atoms with Crippen molar-refractivity contribution in [2.45, 2.75) is 6.92 Å². The van der Waals surface area contributed by atoms with Gasteiger partial charge in [-0.2, -0.15) is 10.4 Å². The van der Waals surface area contributed by atoms with Gasteiger partial charge in [0.15, 0.2) is 5.65 Å². The monoisotopic (exact) mass is 294 g/mol. The van der Waals surface area contributed by atoms with Gasteiger partial charge in [0.2, 0.25) is 0 Å². The first-order chi connectivity index (χ1) is 10.5. The van der Waals surface area contributed by atoms with E-state index in [4.69, 9.17) is 5.73 Å². The highest BCUT2D eigenvalue weighted by Crippen LogP contribution is 2.35. The number of nitrogens with two attached hydrogens (primary N) is 1. The number of aromatic amines is 1. The third-order valence-corrected chi connectivity index (χ3v) is 3.37. The summed E-state index contributed by atoms with van der Waals surface area (Å²) in [6.07, 6.45) is 0. The van der Waals surface area contributed by atoms with E-state index in [1.807, 2.05) is 6.07 Å². The van der Waals surface area contributed by atoms with Crippen LogP contribution < -0.4 is 5.73 Å². The number of benzene rings is 1. The second kappa shape index (κ2) is 4.82. The van der Waals surface area contributed by atoms with Gasteiger partial charge in [-0.25, -0.2) is 4.98 Å². The molecule has 8 nitrogen and oxygen atoms in total. The largest absolute Gasteiger partial charge is 0.383 e. The van der Waals surface area contributed by atoms with Crippen molar-refractivity contribution in [1.82, 2.24) is 15.2 Å². The Kier molecular flexibility index (Phi) is 2.96. The first-order valence-electron chi connectivity index (χ1n) is 6.32. The minimum absolute atomic E-state index is 0.0445. The second-order valence-corrected chi connectivity index (χ2v) is 4.71. The normalized spacial score (nSPS) is 10.5. The van der Waals surface area contributed by atoms with Crippen LogP contribution in [0.5, 0.6) is 0 Å². The van der Waals surface area contributed by atoms with Crippen LogP contribution in [-0.4, -0.2) is 20.1 Å². The van der Waals surface area contributed by atoms with Gasteiger partial charge in [0, 0.05) is 23.4 Å². The molecular formula is C14H10N6O2. The number of pyridine rings is 1. The van der Waals surface area contributed by atoms with Crippen molar-refractivity contribution < 1.29 is 4.92 Å². The molecule has 108 valence electrons. The van der Waals surface area contributed by atoms with Gasteiger partial charge in [0.25, 0.3) is 5.69 Å². The number of rotatable bonds is 2. The number of H-pyrrole nitrogens is 1. The number of hydrogen-bond acceptors (Lipinski definition) is 6. The molecule has 3 N–H and O–H groups in total. The fourth-order valence-electron chi connectivity index (χ4n) is 2.40. The van der Waals surface area contributed by atoms with Gasteiger partial charge in [-0.15, -0.1) is 0 Å². The van der Waals surface area contributed by atoms with Crippen LogP contribution >= 0.6 is 0 Å². The van der Waals surface area contributed by atoms with Crippen LogP contribution in [0, 0.1) is 28.4 Å². The summed E-state index contributed by atoms with van der Waals surface area (Å²) in [7, 11) is 0. The Balaban J connectivity index is 2.43. The number of nitriles is 1. The summed E-state index contributed by atoms with van der Waals surface area (Å²) in [6, 6.07) is 8.06. The molecule has 2 heterocycles. The molecule has 3 rings (SSSR count). The Labute approximate surface area is 124 Å². The second-order valence-electron chi connectivity index (χ2n) is 4.71. The third kappa shape index (κ3) is 1.92. The lowest BCUT2D eigenvalue weighted by atomic mass is 9.97. The molecule has 0 fully saturated rings. The Morgan fingerprint density at radius 3 is 2.91 bits per heavy atom. The minimum atomic E-state index is -0.487. The molecule has 0 atom stereocenters. The van der Waals surface area contributed by atoms with Crippen molar-refractivity contribution >= 4 is 22.5 Å². The fraction of sp³-hybridized carbons (Fsp3) is 0.0714. The van der Waals surface area contributed by atoms with Gasteiger partial charge in [-0.3, -0.25) is 15.2 Å². The summed E-state index contributed by atoms with van der Waals surface area (Å²) in [5.41, 5.74) is 8.04. The summed E-state index contributed by atoms with van der Waals surface area (Å²) in [5, 5.41) is 27.8. The standard InChI is InChI=1S/C14H10N6O2/c1-7-11-12(8-3-2-4-9(5-8)20(21)22)10(6-15)13(16)17-14(11)19-18-7/h2-5H,1H3,(H3,16,17,18,19). The fourth-order valence-corrected chi connectivity index (χ4v) is 2.40. The van der Waals surface area contributed by atoms with E-state index in [1.54, 1.807) is 19.1 Å². The molecule has 0 saturated carbocycles. The predicted molar refractivity (Wildman–Crippen MR) is 79.8 cm³/mol. The van der Waals surface area contributed by atoms with E-state index < -0.39 is 4.92 Å². The first kappa shape index (κ1) is 13.5. The van der Waals surface area contributed by atoms with E-state index >= 15 is 0 Å². The average Bonchev–Trinajstić information content (AvgIpc) is 2.86. The number of anilines is 1. The molecule has 22 heavy (non-hydrogen) atoms. The minimum Gasteiger partial charge on any atom is -0.383 e. The number of non-ortho nitro benzene ring substituents is 1. The van der Waals surface area contributed by atoms with Gasteiger partial charge in [0.1, 0.15) is 17.5 Å². The number of nitro benzene ring substituents is 1. The number of fused-ring (bicyclic) bond motifs is 1. The quantitative estimate of drug-likeness (QED) is 0.550. The smallest absolute Gasteiger partial charge is 0.270 e. The summed E-state index contributed by atoms with van der Waals surface area (Å²) in [5.74, 6) is 0.0445. The highest BCUT2D eigenvalue weighted by atomic mass is 16.6. The van der Waals surface area contributed by atoms with Crippen LogP contribution in [-0.2, 0) is 0 Å². The lowest BCUT2D eigenvalue weighted by molar-refractivity contribution is -0.384. The zero-order chi connectivity index (χ0) is 15.9. The number of hydrogen-bond donors (Lipinski definition) is 2. The maximum Gasteiger partial charge on any atom is 0.270 e. The molecule has 0 spiro atoms. The van der Waals surface area contributed by atoms with E-state index in [-0.39, 0.29) is 17.1 Å². The van der Waals surface area contributed by atoms with E-state index in [1.165, 1.54) is 12.1 Å². The molecule has 0 bridgehead atoms. The topological polar surface area (TPSA) is 135 Å². The molecule has 0 aliphatic carbocycles. The van der Waals surface area contributed by atoms with Crippen molar-refractivity contribution in [2.75, 3.05) is 5.73 Å². The molecule has 0 saturated heterocycles. The van der Waals surface area contributed by atoms with Gasteiger partial charge >= 0.3 is 0 Å². The van der Waals surface area contributed by atoms with Crippen molar-refractivity contribution in [1.29, 1.82) is 5.26 Å². The molecule has 0 amide bonds. The third-order valence-electron chi connectivity index (χ3n) is 3.37. The lowest BCUT2D eigenvalue weighted by Crippen LogP contribution is -1.99. The van der Waals surface area contributed by atoms with Crippen molar-refractivity contribution in [3.63, 3.8) is 0 Å². The highest BCUT2D eigenvalue weighted by Gasteiger charge is 2.20. The van der Waals surface area contributed by atoms with Gasteiger partial charge in [-0.05, 0) is 12.5 Å². The molecule has 1 aromatic carbocycles. The SMILES string of the molecule is Cc1[nH]nc2nc(N)c(C#N)c(-c3cccc([N+](=O)[O-])c3)c12. The molecule has 2 aromatic heterocycles. The Hall–Kier alpha value is -3.47. The number of nitrogen functional groups attached to an aromatic ring is 1. The molecule has 0 aliphatic heterocycles. The van der Waals surface area contributed by atoms with Crippen LogP contribution in [0.15, 0.2) is 24.3 Å². The van der Waals surface area contributed by atoms with Crippen LogP contribution in [0.3, 0.4) is 0 Å². The number of nitro groups is 1. The van der Waals surface area contributed by atoms with Crippen molar-refractivity contribution in [3.8, 4) is 17.2 Å². The average molecular weight is 294 g/mol. The molecule has 0 unspecified atom stereocenters. The van der Waals surface area contributed by atoms with Gasteiger partial charge in [-0.1, -0.05) is 12.1 Å². The number of aryl methyl sites for hydroxylation is 1. The maximum absolute atomic E-state index is 11.0. The zero-order valence-corrected chi connectivity index (χ0v) is 11.5. The maximum atomic E-state index is 11.0. The van der Waals surface area contributed by atoms with Crippen LogP contribution in [0.4, 0.5) is 11.5 Å². The summed E-state index contributed by atoms with van der Waals surface area (Å²) in [4.78, 5) is 14.6. The van der Waals surface area contributed by atoms with Crippen LogP contribution in [0.1, 0.15) is 11.3 Å². The Bertz CT molecular complexity index is 954. The molecule has 3 aromatic rings. The van der Waals surface area contributed by atoms with Crippen LogP contribution in [0.2, 0.25) is 0 Å². The van der Waals surface area contributed by atoms with Crippen molar-refractivity contribution in [2.24, 2.45) is 0 Å². The number of aromatic nitrogens is 3. The lowest BCUT2D eigenvalue weighted by Gasteiger charge is -2.08. The number of nitrogens with one attached hydrogen (secondary N) is 1. The van der Waals surface area contributed by atoms with E-state index in [0.29, 0.717) is 27.9 Å². The highest BCUT2D eigenvalue weighted by molar-refractivity contribution is 5.99. The van der Waals surface area contributed by atoms with E-state index in [2.05, 4.69) is 15.2 Å². The van der Waals surface area contributed by atoms with Gasteiger partial charge < -0.3 is 5.73 Å².